The molecule has 2 aromatic rings. The average Bonchev–Trinajstić information content (AvgIpc) is 3.00. The first-order chi connectivity index (χ1) is 20.0. The lowest BCUT2D eigenvalue weighted by atomic mass is 10.0. The van der Waals surface area contributed by atoms with Gasteiger partial charge in [-0.05, 0) is 75.2 Å². The Balaban J connectivity index is 1.83. The topological polar surface area (TPSA) is 28.2 Å². The van der Waals surface area contributed by atoms with E-state index in [-0.39, 0.29) is 0 Å². The van der Waals surface area contributed by atoms with Crippen molar-refractivity contribution >= 4 is 0 Å². The van der Waals surface area contributed by atoms with Crippen LogP contribution < -0.4 is 5.53 Å². The summed E-state index contributed by atoms with van der Waals surface area (Å²) in [6.07, 6.45) is 5.65. The van der Waals surface area contributed by atoms with Gasteiger partial charge in [0.15, 0.2) is 0 Å². The van der Waals surface area contributed by atoms with E-state index in [2.05, 4.69) is 139 Å². The molecule has 0 spiro atoms. The van der Waals surface area contributed by atoms with Crippen molar-refractivity contribution in [2.45, 2.75) is 72.9 Å². The number of rotatable bonds is 19. The maximum absolute atomic E-state index is 3.86. The standard InChI is InChI=1S/C35H58N6/c1-7-37(8-2)24-23-33-27-40(29-34(38(9-3)10-4)25-31-19-15-13-16-20-31)36-41(28-33)30-35(39(11-5)12-6)26-32-21-17-14-18-22-32/h13-22,27,34-36H,7-12,23-26,28-30H2,1-6H3. The fourth-order valence-corrected chi connectivity index (χ4v) is 6.29. The zero-order valence-electron chi connectivity index (χ0n) is 26.9. The molecule has 2 atom stereocenters. The minimum atomic E-state index is 0.433. The summed E-state index contributed by atoms with van der Waals surface area (Å²) in [5, 5.41) is 4.89. The van der Waals surface area contributed by atoms with Gasteiger partial charge in [-0.3, -0.25) is 9.80 Å². The van der Waals surface area contributed by atoms with Gasteiger partial charge < -0.3 is 9.91 Å². The largest absolute Gasteiger partial charge is 0.304 e. The van der Waals surface area contributed by atoms with Crippen LogP contribution in [0.4, 0.5) is 0 Å². The lowest BCUT2D eigenvalue weighted by molar-refractivity contribution is 0.00832. The third-order valence-corrected chi connectivity index (χ3v) is 8.77. The van der Waals surface area contributed by atoms with Crippen LogP contribution in [0.2, 0.25) is 0 Å². The maximum Gasteiger partial charge on any atom is 0.0510 e. The van der Waals surface area contributed by atoms with E-state index in [1.165, 1.54) is 16.7 Å². The quantitative estimate of drug-likeness (QED) is 0.242. The highest BCUT2D eigenvalue weighted by molar-refractivity contribution is 5.17. The summed E-state index contributed by atoms with van der Waals surface area (Å²) in [6.45, 7) is 24.2. The van der Waals surface area contributed by atoms with Crippen molar-refractivity contribution in [3.63, 3.8) is 0 Å². The second-order valence-electron chi connectivity index (χ2n) is 11.3. The molecular formula is C35H58N6. The van der Waals surface area contributed by atoms with Crippen LogP contribution in [0, 0.1) is 0 Å². The molecule has 1 aliphatic rings. The first kappa shape index (κ1) is 33.3. The summed E-state index contributed by atoms with van der Waals surface area (Å²) in [4.78, 5) is 7.78. The SMILES string of the molecule is CCN(CC)CCC1=CN(CC(Cc2ccccc2)N(CC)CC)NN(CC(Cc2ccccc2)N(CC)CC)C1. The third-order valence-electron chi connectivity index (χ3n) is 8.77. The Labute approximate surface area is 251 Å². The molecule has 0 radical (unpaired) electrons. The van der Waals surface area contributed by atoms with E-state index < -0.39 is 0 Å². The van der Waals surface area contributed by atoms with Crippen LogP contribution in [0.5, 0.6) is 0 Å². The third kappa shape index (κ3) is 10.8. The summed E-state index contributed by atoms with van der Waals surface area (Å²) in [6, 6.07) is 22.9. The highest BCUT2D eigenvalue weighted by atomic mass is 15.8. The van der Waals surface area contributed by atoms with Crippen LogP contribution in [0.3, 0.4) is 0 Å². The molecule has 0 bridgehead atoms. The van der Waals surface area contributed by atoms with Crippen molar-refractivity contribution in [2.24, 2.45) is 0 Å². The molecule has 0 amide bonds. The van der Waals surface area contributed by atoms with Crippen LogP contribution in [0.15, 0.2) is 72.4 Å². The zero-order valence-corrected chi connectivity index (χ0v) is 26.9. The molecule has 1 N–H and O–H groups in total. The van der Waals surface area contributed by atoms with Crippen LogP contribution in [-0.2, 0) is 12.8 Å². The molecule has 6 heteroatoms. The van der Waals surface area contributed by atoms with Crippen molar-refractivity contribution in [3.8, 4) is 0 Å². The Morgan fingerprint density at radius 3 is 1.61 bits per heavy atom. The molecule has 0 fully saturated rings. The minimum Gasteiger partial charge on any atom is -0.304 e. The molecule has 0 aliphatic carbocycles. The van der Waals surface area contributed by atoms with Gasteiger partial charge in [-0.2, -0.15) is 5.53 Å². The van der Waals surface area contributed by atoms with Crippen LogP contribution >= 0.6 is 0 Å². The van der Waals surface area contributed by atoms with E-state index in [1.807, 2.05) is 0 Å². The minimum absolute atomic E-state index is 0.433. The molecular weight excluding hydrogens is 504 g/mol. The van der Waals surface area contributed by atoms with Gasteiger partial charge in [-0.1, -0.05) is 102 Å². The predicted octanol–water partition coefficient (Wildman–Crippen LogP) is 5.55. The Morgan fingerprint density at radius 1 is 0.659 bits per heavy atom. The van der Waals surface area contributed by atoms with Crippen molar-refractivity contribution in [1.29, 1.82) is 0 Å². The van der Waals surface area contributed by atoms with E-state index in [9.17, 15) is 0 Å². The van der Waals surface area contributed by atoms with Gasteiger partial charge in [0.05, 0.1) is 6.54 Å². The summed E-state index contributed by atoms with van der Waals surface area (Å²) in [5.74, 6) is 0. The van der Waals surface area contributed by atoms with Gasteiger partial charge in [-0.25, -0.2) is 5.01 Å². The van der Waals surface area contributed by atoms with Gasteiger partial charge >= 0.3 is 0 Å². The van der Waals surface area contributed by atoms with Crippen molar-refractivity contribution in [3.05, 3.63) is 83.6 Å². The van der Waals surface area contributed by atoms with Crippen LogP contribution in [0.25, 0.3) is 0 Å². The number of hydrogen-bond acceptors (Lipinski definition) is 6. The molecule has 1 heterocycles. The number of hydrazine groups is 2. The fraction of sp³-hybridized carbons (Fsp3) is 0.600. The molecule has 3 rings (SSSR count). The van der Waals surface area contributed by atoms with Gasteiger partial charge in [-0.15, -0.1) is 0 Å². The normalized spacial score (nSPS) is 16.0. The zero-order chi connectivity index (χ0) is 29.5. The molecule has 6 nitrogen and oxygen atoms in total. The van der Waals surface area contributed by atoms with Crippen LogP contribution in [0.1, 0.15) is 59.1 Å². The highest BCUT2D eigenvalue weighted by Gasteiger charge is 2.27. The molecule has 2 aromatic carbocycles. The summed E-state index contributed by atoms with van der Waals surface area (Å²) in [5.41, 5.74) is 8.21. The number of benzene rings is 2. The average molecular weight is 563 g/mol. The molecule has 228 valence electrons. The molecule has 0 saturated carbocycles. The van der Waals surface area contributed by atoms with Crippen molar-refractivity contribution in [2.75, 3.05) is 65.4 Å². The van der Waals surface area contributed by atoms with E-state index in [1.54, 1.807) is 0 Å². The molecule has 0 aromatic heterocycles. The van der Waals surface area contributed by atoms with Gasteiger partial charge in [0, 0.05) is 37.9 Å². The van der Waals surface area contributed by atoms with Gasteiger partial charge in [0.1, 0.15) is 0 Å². The molecule has 0 saturated heterocycles. The number of likely N-dealkylation sites (N-methyl/N-ethyl adjacent to an activating group) is 2. The molecule has 41 heavy (non-hydrogen) atoms. The summed E-state index contributed by atoms with van der Waals surface area (Å²) < 4.78 is 0. The Hall–Kier alpha value is -2.22. The number of hydrogen-bond donors (Lipinski definition) is 1. The smallest absolute Gasteiger partial charge is 0.0510 e. The van der Waals surface area contributed by atoms with Gasteiger partial charge in [0.2, 0.25) is 0 Å². The van der Waals surface area contributed by atoms with E-state index in [0.29, 0.717) is 12.1 Å². The second kappa shape index (κ2) is 18.3. The first-order valence-corrected chi connectivity index (χ1v) is 16.3. The number of nitrogens with zero attached hydrogens (tertiary/aromatic N) is 5. The van der Waals surface area contributed by atoms with Crippen molar-refractivity contribution in [1.82, 2.24) is 30.3 Å². The lowest BCUT2D eigenvalue weighted by Gasteiger charge is -2.42. The lowest BCUT2D eigenvalue weighted by Crippen LogP contribution is -2.59. The van der Waals surface area contributed by atoms with Crippen LogP contribution in [-0.4, -0.2) is 102 Å². The number of nitrogens with one attached hydrogen (secondary N) is 1. The summed E-state index contributed by atoms with van der Waals surface area (Å²) in [7, 11) is 0. The first-order valence-electron chi connectivity index (χ1n) is 16.3. The Bertz CT molecular complexity index is 969. The molecule has 2 unspecified atom stereocenters. The van der Waals surface area contributed by atoms with E-state index >= 15 is 0 Å². The predicted molar refractivity (Wildman–Crippen MR) is 176 cm³/mol. The van der Waals surface area contributed by atoms with E-state index in [4.69, 9.17) is 0 Å². The highest BCUT2D eigenvalue weighted by Crippen LogP contribution is 2.18. The molecule has 1 aliphatic heterocycles. The maximum atomic E-state index is 3.86. The second-order valence-corrected chi connectivity index (χ2v) is 11.3. The Morgan fingerprint density at radius 2 is 1.15 bits per heavy atom. The fourth-order valence-electron chi connectivity index (χ4n) is 6.29. The Kier molecular flexibility index (Phi) is 14.9. The van der Waals surface area contributed by atoms with Crippen molar-refractivity contribution < 1.29 is 0 Å². The van der Waals surface area contributed by atoms with E-state index in [0.717, 1.165) is 84.7 Å². The monoisotopic (exact) mass is 562 g/mol. The summed E-state index contributed by atoms with van der Waals surface area (Å²) >= 11 is 0. The van der Waals surface area contributed by atoms with Gasteiger partial charge in [0.25, 0.3) is 0 Å².